The molecule has 4 rings (SSSR count). The van der Waals surface area contributed by atoms with Crippen molar-refractivity contribution in [3.8, 4) is 0 Å². The molecule has 8 nitrogen and oxygen atoms in total. The summed E-state index contributed by atoms with van der Waals surface area (Å²) < 4.78 is 40.7. The number of fused-ring (bicyclic) bond motifs is 1. The molecule has 0 radical (unpaired) electrons. The number of hydrogen-bond donors (Lipinski definition) is 0. The zero-order chi connectivity index (χ0) is 21.5. The van der Waals surface area contributed by atoms with Gasteiger partial charge in [0.2, 0.25) is 5.95 Å². The molecule has 0 amide bonds. The monoisotopic (exact) mass is 420 g/mol. The minimum Gasteiger partial charge on any atom is -0.363 e. The number of piperidine rings is 1. The zero-order valence-corrected chi connectivity index (χ0v) is 17.0. The van der Waals surface area contributed by atoms with E-state index in [4.69, 9.17) is 0 Å². The van der Waals surface area contributed by atoms with Crippen LogP contribution in [0.3, 0.4) is 0 Å². The highest BCUT2D eigenvalue weighted by Crippen LogP contribution is 2.31. The molecule has 30 heavy (non-hydrogen) atoms. The molecular weight excluding hydrogens is 397 g/mol. The molecule has 1 saturated heterocycles. The summed E-state index contributed by atoms with van der Waals surface area (Å²) in [6.07, 6.45) is 3.00. The van der Waals surface area contributed by atoms with E-state index in [2.05, 4.69) is 19.9 Å². The molecule has 1 fully saturated rings. The molecule has 0 aliphatic carbocycles. The molecule has 0 saturated carbocycles. The molecule has 160 valence electrons. The van der Waals surface area contributed by atoms with Gasteiger partial charge in [0.05, 0.1) is 0 Å². The number of rotatable bonds is 4. The van der Waals surface area contributed by atoms with Gasteiger partial charge in [-0.25, -0.2) is 15.0 Å². The normalized spacial score (nSPS) is 17.4. The van der Waals surface area contributed by atoms with Crippen LogP contribution in [0, 0.1) is 0 Å². The summed E-state index contributed by atoms with van der Waals surface area (Å²) in [5, 5.41) is 0. The Morgan fingerprint density at radius 1 is 1.10 bits per heavy atom. The Morgan fingerprint density at radius 3 is 2.63 bits per heavy atom. The molecule has 11 heteroatoms. The van der Waals surface area contributed by atoms with Gasteiger partial charge in [0.25, 0.3) is 0 Å². The number of hydrogen-bond acceptors (Lipinski definition) is 7. The van der Waals surface area contributed by atoms with E-state index in [0.29, 0.717) is 24.9 Å². The summed E-state index contributed by atoms with van der Waals surface area (Å²) >= 11 is 0. The quantitative estimate of drug-likeness (QED) is 0.643. The van der Waals surface area contributed by atoms with E-state index < -0.39 is 11.9 Å². The van der Waals surface area contributed by atoms with Crippen molar-refractivity contribution in [2.45, 2.75) is 25.1 Å². The Bertz CT molecular complexity index is 1030. The zero-order valence-electron chi connectivity index (χ0n) is 17.0. The summed E-state index contributed by atoms with van der Waals surface area (Å²) in [6, 6.07) is 1.93. The molecule has 1 aliphatic rings. The van der Waals surface area contributed by atoms with Crippen LogP contribution in [-0.2, 0) is 6.18 Å². The maximum Gasteiger partial charge on any atom is 0.434 e. The third kappa shape index (κ3) is 3.83. The van der Waals surface area contributed by atoms with Crippen LogP contribution in [0.1, 0.15) is 18.5 Å². The molecule has 1 unspecified atom stereocenters. The Morgan fingerprint density at radius 2 is 1.90 bits per heavy atom. The van der Waals surface area contributed by atoms with E-state index in [0.717, 1.165) is 24.9 Å². The molecule has 0 N–H and O–H groups in total. The average Bonchev–Trinajstić information content (AvgIpc) is 3.18. The van der Waals surface area contributed by atoms with Crippen LogP contribution in [0.15, 0.2) is 30.9 Å². The Balaban J connectivity index is 1.60. The molecule has 0 spiro atoms. The highest BCUT2D eigenvalue weighted by Gasteiger charge is 2.35. The number of halogens is 3. The van der Waals surface area contributed by atoms with E-state index in [1.807, 2.05) is 41.9 Å². The van der Waals surface area contributed by atoms with Crippen molar-refractivity contribution in [2.24, 2.45) is 0 Å². The fourth-order valence-electron chi connectivity index (χ4n) is 3.65. The third-order valence-corrected chi connectivity index (χ3v) is 5.29. The number of alkyl halides is 3. The number of nitrogens with zero attached hydrogens (tertiary/aromatic N) is 8. The van der Waals surface area contributed by atoms with Crippen molar-refractivity contribution in [3.05, 3.63) is 36.5 Å². The van der Waals surface area contributed by atoms with Gasteiger partial charge < -0.3 is 19.1 Å². The van der Waals surface area contributed by atoms with Gasteiger partial charge in [0.15, 0.2) is 17.2 Å². The predicted octanol–water partition coefficient (Wildman–Crippen LogP) is 2.71. The van der Waals surface area contributed by atoms with Gasteiger partial charge in [-0.2, -0.15) is 18.2 Å². The van der Waals surface area contributed by atoms with E-state index in [-0.39, 0.29) is 11.7 Å². The Hall–Kier alpha value is -3.11. The number of imidazole rings is 1. The Labute approximate surface area is 172 Å². The van der Waals surface area contributed by atoms with Gasteiger partial charge in [0, 0.05) is 65.1 Å². The lowest BCUT2D eigenvalue weighted by Crippen LogP contribution is -2.47. The highest BCUT2D eigenvalue weighted by molar-refractivity contribution is 5.65. The van der Waals surface area contributed by atoms with Crippen LogP contribution in [-0.4, -0.2) is 64.6 Å². The summed E-state index contributed by atoms with van der Waals surface area (Å²) in [5.74, 6) is 1.87. The fourth-order valence-corrected chi connectivity index (χ4v) is 3.65. The first-order valence-corrected chi connectivity index (χ1v) is 9.63. The van der Waals surface area contributed by atoms with Gasteiger partial charge in [-0.3, -0.25) is 0 Å². The fraction of sp³-hybridized carbons (Fsp3) is 0.474. The first kappa shape index (κ1) is 20.2. The van der Waals surface area contributed by atoms with Crippen LogP contribution in [0.4, 0.5) is 30.8 Å². The number of anilines is 3. The van der Waals surface area contributed by atoms with E-state index >= 15 is 0 Å². The molecule has 1 atom stereocenters. The number of likely N-dealkylation sites (N-methyl/N-ethyl adjacent to an activating group) is 1. The lowest BCUT2D eigenvalue weighted by atomic mass is 10.0. The topological polar surface area (TPSA) is 65.7 Å². The van der Waals surface area contributed by atoms with Crippen LogP contribution < -0.4 is 14.7 Å². The summed E-state index contributed by atoms with van der Waals surface area (Å²) in [5.41, 5.74) is -0.713. The summed E-state index contributed by atoms with van der Waals surface area (Å²) in [4.78, 5) is 23.1. The third-order valence-electron chi connectivity index (χ3n) is 5.29. The lowest BCUT2D eigenvalue weighted by molar-refractivity contribution is -0.140. The molecule has 4 heterocycles. The first-order chi connectivity index (χ1) is 14.2. The van der Waals surface area contributed by atoms with Crippen molar-refractivity contribution in [1.29, 1.82) is 0 Å². The largest absolute Gasteiger partial charge is 0.434 e. The molecule has 1 aliphatic heterocycles. The molecular formula is C19H23F3N8. The van der Waals surface area contributed by atoms with Crippen molar-refractivity contribution < 1.29 is 13.2 Å². The summed E-state index contributed by atoms with van der Waals surface area (Å²) in [7, 11) is 5.77. The molecule has 0 aromatic carbocycles. The van der Waals surface area contributed by atoms with Crippen molar-refractivity contribution in [3.63, 3.8) is 0 Å². The van der Waals surface area contributed by atoms with Crippen LogP contribution in [0.5, 0.6) is 0 Å². The van der Waals surface area contributed by atoms with Gasteiger partial charge >= 0.3 is 6.18 Å². The van der Waals surface area contributed by atoms with Crippen molar-refractivity contribution in [1.82, 2.24) is 24.3 Å². The maximum absolute atomic E-state index is 13.1. The standard InChI is InChI=1S/C19H23F3N8/c1-27(2)15-6-7-24-18(26-15)28(3)13-5-4-9-29(11-13)16-17-25-14(19(20,21)22)12-30(17)10-8-23-16/h6-8,10,12-13H,4-5,9,11H2,1-3H3. The second-order valence-corrected chi connectivity index (χ2v) is 7.57. The highest BCUT2D eigenvalue weighted by atomic mass is 19.4. The van der Waals surface area contributed by atoms with Crippen molar-refractivity contribution in [2.75, 3.05) is 48.9 Å². The summed E-state index contributed by atoms with van der Waals surface area (Å²) in [6.45, 7) is 1.29. The molecule has 3 aromatic heterocycles. The average molecular weight is 420 g/mol. The van der Waals surface area contributed by atoms with E-state index in [9.17, 15) is 13.2 Å². The minimum absolute atomic E-state index is 0.0928. The Kier molecular flexibility index (Phi) is 5.12. The maximum atomic E-state index is 13.1. The van der Waals surface area contributed by atoms with E-state index in [1.165, 1.54) is 16.8 Å². The molecule has 3 aromatic rings. The smallest absolute Gasteiger partial charge is 0.363 e. The van der Waals surface area contributed by atoms with E-state index in [1.54, 1.807) is 6.20 Å². The van der Waals surface area contributed by atoms with Crippen LogP contribution in [0.2, 0.25) is 0 Å². The second-order valence-electron chi connectivity index (χ2n) is 7.57. The molecule has 0 bridgehead atoms. The predicted molar refractivity (Wildman–Crippen MR) is 108 cm³/mol. The van der Waals surface area contributed by atoms with Crippen LogP contribution >= 0.6 is 0 Å². The SMILES string of the molecule is CN(C)c1ccnc(N(C)C2CCCN(c3nccn4cc(C(F)(F)F)nc34)C2)n1. The van der Waals surface area contributed by atoms with Crippen molar-refractivity contribution >= 4 is 23.2 Å². The van der Waals surface area contributed by atoms with Gasteiger partial charge in [-0.15, -0.1) is 0 Å². The minimum atomic E-state index is -4.50. The lowest BCUT2D eigenvalue weighted by Gasteiger charge is -2.38. The van der Waals surface area contributed by atoms with Gasteiger partial charge in [0.1, 0.15) is 5.82 Å². The number of aromatic nitrogens is 5. The van der Waals surface area contributed by atoms with Gasteiger partial charge in [-0.05, 0) is 18.9 Å². The van der Waals surface area contributed by atoms with Gasteiger partial charge in [-0.1, -0.05) is 0 Å². The second kappa shape index (κ2) is 7.62. The first-order valence-electron chi connectivity index (χ1n) is 9.63. The van der Waals surface area contributed by atoms with Crippen LogP contribution in [0.25, 0.3) is 5.65 Å².